The highest BCUT2D eigenvalue weighted by Crippen LogP contribution is 2.19. The number of nitrogens with zero attached hydrogens (tertiary/aromatic N) is 3. The van der Waals surface area contributed by atoms with Crippen molar-refractivity contribution in [3.8, 4) is 0 Å². The van der Waals surface area contributed by atoms with Crippen molar-refractivity contribution in [2.75, 3.05) is 46.1 Å². The summed E-state index contributed by atoms with van der Waals surface area (Å²) in [6, 6.07) is 18.4. The van der Waals surface area contributed by atoms with Gasteiger partial charge >= 0.3 is 0 Å². The highest BCUT2D eigenvalue weighted by molar-refractivity contribution is 5.92. The van der Waals surface area contributed by atoms with E-state index >= 15 is 0 Å². The summed E-state index contributed by atoms with van der Waals surface area (Å²) in [4.78, 5) is 20.6. The minimum Gasteiger partial charge on any atom is -0.352 e. The zero-order chi connectivity index (χ0) is 22.1. The van der Waals surface area contributed by atoms with Crippen LogP contribution in [0.4, 0.5) is 5.69 Å². The smallest absolute Gasteiger partial charge is 0.238 e. The maximum absolute atomic E-state index is 12.0. The second-order valence-electron chi connectivity index (χ2n) is 8.09. The monoisotopic (exact) mass is 419 g/mol. The third-order valence-electron chi connectivity index (χ3n) is 5.21. The Morgan fingerprint density at radius 3 is 2.52 bits per heavy atom. The van der Waals surface area contributed by atoms with Gasteiger partial charge in [0.25, 0.3) is 0 Å². The van der Waals surface area contributed by atoms with Crippen molar-refractivity contribution in [2.45, 2.75) is 19.4 Å². The van der Waals surface area contributed by atoms with Gasteiger partial charge in [-0.2, -0.15) is 0 Å². The minimum atomic E-state index is -0.0152. The molecule has 0 bridgehead atoms. The Kier molecular flexibility index (Phi) is 8.24. The van der Waals surface area contributed by atoms with Crippen LogP contribution in [0.2, 0.25) is 0 Å². The first-order chi connectivity index (χ1) is 15.0. The molecule has 1 amide bonds. The molecule has 0 spiro atoms. The van der Waals surface area contributed by atoms with Crippen molar-refractivity contribution in [2.24, 2.45) is 4.99 Å². The molecule has 1 fully saturated rings. The van der Waals surface area contributed by atoms with Gasteiger partial charge in [-0.25, -0.2) is 0 Å². The van der Waals surface area contributed by atoms with Gasteiger partial charge < -0.3 is 20.4 Å². The largest absolute Gasteiger partial charge is 0.352 e. The van der Waals surface area contributed by atoms with Crippen LogP contribution in [0.15, 0.2) is 65.2 Å². The number of hydrogen-bond donors (Lipinski definition) is 2. The molecule has 1 saturated heterocycles. The number of anilines is 1. The molecule has 2 N–H and O–H groups in total. The van der Waals surface area contributed by atoms with Gasteiger partial charge in [-0.05, 0) is 50.2 Å². The van der Waals surface area contributed by atoms with Gasteiger partial charge in [0.2, 0.25) is 5.91 Å². The average Bonchev–Trinajstić information content (AvgIpc) is 2.75. The molecule has 6 heteroatoms. The Morgan fingerprint density at radius 1 is 1.10 bits per heavy atom. The predicted molar refractivity (Wildman–Crippen MR) is 129 cm³/mol. The second kappa shape index (κ2) is 11.3. The van der Waals surface area contributed by atoms with E-state index in [4.69, 9.17) is 0 Å². The molecule has 1 aliphatic rings. The number of aliphatic imine (C=N–C) groups is 1. The van der Waals surface area contributed by atoms with Crippen molar-refractivity contribution in [3.63, 3.8) is 0 Å². The molecule has 3 rings (SSSR count). The highest BCUT2D eigenvalue weighted by atomic mass is 16.2. The van der Waals surface area contributed by atoms with E-state index in [1.807, 2.05) is 50.3 Å². The Labute approximate surface area is 185 Å². The molecule has 6 nitrogen and oxygen atoms in total. The van der Waals surface area contributed by atoms with Crippen LogP contribution in [-0.4, -0.2) is 62.4 Å². The Hall–Kier alpha value is -3.12. The fourth-order valence-electron chi connectivity index (χ4n) is 3.70. The van der Waals surface area contributed by atoms with Crippen molar-refractivity contribution >= 4 is 23.6 Å². The first kappa shape index (κ1) is 22.6. The Morgan fingerprint density at radius 2 is 1.84 bits per heavy atom. The van der Waals surface area contributed by atoms with Gasteiger partial charge in [0.05, 0.1) is 6.54 Å². The Bertz CT molecular complexity index is 911. The number of likely N-dealkylation sites (tertiary alicyclic amines) is 1. The molecule has 0 radical (unpaired) electrons. The zero-order valence-corrected chi connectivity index (χ0v) is 18.8. The number of amides is 1. The number of carbonyl (C=O) groups is 1. The van der Waals surface area contributed by atoms with Gasteiger partial charge in [-0.15, -0.1) is 0 Å². The summed E-state index contributed by atoms with van der Waals surface area (Å²) < 4.78 is 0. The fourth-order valence-corrected chi connectivity index (χ4v) is 3.70. The van der Waals surface area contributed by atoms with E-state index in [2.05, 4.69) is 56.9 Å². The first-order valence-corrected chi connectivity index (χ1v) is 10.8. The van der Waals surface area contributed by atoms with Crippen LogP contribution in [0, 0.1) is 0 Å². The maximum Gasteiger partial charge on any atom is 0.238 e. The molecule has 0 atom stereocenters. The molecule has 31 heavy (non-hydrogen) atoms. The van der Waals surface area contributed by atoms with Crippen LogP contribution < -0.4 is 10.6 Å². The van der Waals surface area contributed by atoms with E-state index in [1.54, 1.807) is 0 Å². The van der Waals surface area contributed by atoms with Crippen LogP contribution in [0.25, 0.3) is 6.08 Å². The quantitative estimate of drug-likeness (QED) is 0.556. The number of nitrogens with one attached hydrogen (secondary N) is 2. The summed E-state index contributed by atoms with van der Waals surface area (Å²) in [5, 5.41) is 6.42. The summed E-state index contributed by atoms with van der Waals surface area (Å²) in [7, 11) is 5.59. The molecule has 164 valence electrons. The fraction of sp³-hybridized carbons (Fsp3) is 0.360. The lowest BCUT2D eigenvalue weighted by Crippen LogP contribution is -2.44. The van der Waals surface area contributed by atoms with Crippen LogP contribution in [0.5, 0.6) is 0 Å². The molecule has 0 saturated carbocycles. The van der Waals surface area contributed by atoms with E-state index in [0.717, 1.165) is 43.1 Å². The highest BCUT2D eigenvalue weighted by Gasteiger charge is 2.17. The molecule has 1 aliphatic heterocycles. The summed E-state index contributed by atoms with van der Waals surface area (Å²) >= 11 is 0. The van der Waals surface area contributed by atoms with E-state index in [-0.39, 0.29) is 5.91 Å². The third kappa shape index (κ3) is 7.26. The Balaban J connectivity index is 1.51. The molecule has 2 aromatic carbocycles. The van der Waals surface area contributed by atoms with Crippen molar-refractivity contribution < 1.29 is 4.79 Å². The van der Waals surface area contributed by atoms with Gasteiger partial charge in [-0.1, -0.05) is 54.1 Å². The van der Waals surface area contributed by atoms with Gasteiger partial charge in [0.15, 0.2) is 5.96 Å². The normalized spacial score (nSPS) is 14.5. The molecule has 0 aromatic heterocycles. The lowest BCUT2D eigenvalue weighted by Gasteiger charge is -2.31. The van der Waals surface area contributed by atoms with Crippen molar-refractivity contribution in [3.05, 3.63) is 71.3 Å². The second-order valence-corrected chi connectivity index (χ2v) is 8.09. The molecule has 1 heterocycles. The molecular formula is C25H33N5O. The van der Waals surface area contributed by atoms with Crippen molar-refractivity contribution in [1.82, 2.24) is 15.1 Å². The number of piperidine rings is 1. The topological polar surface area (TPSA) is 60.0 Å². The van der Waals surface area contributed by atoms with E-state index in [0.29, 0.717) is 13.1 Å². The summed E-state index contributed by atoms with van der Waals surface area (Å²) in [6.45, 7) is 2.94. The standard InChI is InChI=1S/C25H33N5O/c1-26-25(30-14-12-21(13-15-30)16-20-8-5-4-6-9-20)27-18-22-10-7-11-23(17-22)28-24(31)19-29(2)3/h4-11,16-17H,12-15,18-19H2,1-3H3,(H,26,27)(H,28,31). The summed E-state index contributed by atoms with van der Waals surface area (Å²) in [5.41, 5.74) is 4.67. The van der Waals surface area contributed by atoms with E-state index in [1.165, 1.54) is 11.1 Å². The lowest BCUT2D eigenvalue weighted by atomic mass is 10.0. The lowest BCUT2D eigenvalue weighted by molar-refractivity contribution is -0.116. The van der Waals surface area contributed by atoms with E-state index in [9.17, 15) is 4.79 Å². The molecule has 0 aliphatic carbocycles. The zero-order valence-electron chi connectivity index (χ0n) is 18.8. The number of rotatable bonds is 6. The number of likely N-dealkylation sites (N-methyl/N-ethyl adjacent to an activating group) is 1. The summed E-state index contributed by atoms with van der Waals surface area (Å²) in [6.07, 6.45) is 4.40. The van der Waals surface area contributed by atoms with E-state index < -0.39 is 0 Å². The van der Waals surface area contributed by atoms with Crippen molar-refractivity contribution in [1.29, 1.82) is 0 Å². The first-order valence-electron chi connectivity index (χ1n) is 10.8. The molecular weight excluding hydrogens is 386 g/mol. The number of hydrogen-bond acceptors (Lipinski definition) is 3. The van der Waals surface area contributed by atoms with Crippen LogP contribution >= 0.6 is 0 Å². The van der Waals surface area contributed by atoms with Gasteiger partial charge in [-0.3, -0.25) is 9.79 Å². The SMILES string of the molecule is CN=C(NCc1cccc(NC(=O)CN(C)C)c1)N1CCC(=Cc2ccccc2)CC1. The minimum absolute atomic E-state index is 0.0152. The third-order valence-corrected chi connectivity index (χ3v) is 5.21. The maximum atomic E-state index is 12.0. The van der Waals surface area contributed by atoms with Gasteiger partial charge in [0, 0.05) is 32.4 Å². The predicted octanol–water partition coefficient (Wildman–Crippen LogP) is 3.44. The molecule has 0 unspecified atom stereocenters. The van der Waals surface area contributed by atoms with Crippen LogP contribution in [0.3, 0.4) is 0 Å². The number of guanidine groups is 1. The molecule has 2 aromatic rings. The average molecular weight is 420 g/mol. The van der Waals surface area contributed by atoms with Gasteiger partial charge in [0.1, 0.15) is 0 Å². The number of benzene rings is 2. The van der Waals surface area contributed by atoms with Crippen LogP contribution in [0.1, 0.15) is 24.0 Å². The summed E-state index contributed by atoms with van der Waals surface area (Å²) in [5.74, 6) is 0.902. The number of carbonyl (C=O) groups excluding carboxylic acids is 1. The van der Waals surface area contributed by atoms with Crippen LogP contribution in [-0.2, 0) is 11.3 Å².